The first kappa shape index (κ1) is 8.18. The Bertz CT molecular complexity index is 480. The van der Waals surface area contributed by atoms with Gasteiger partial charge in [-0.2, -0.15) is 0 Å². The lowest BCUT2D eigenvalue weighted by Gasteiger charge is -1.89. The molecule has 1 N–H and O–H groups in total. The molecule has 6 heteroatoms. The summed E-state index contributed by atoms with van der Waals surface area (Å²) in [6.45, 7) is 0. The lowest BCUT2D eigenvalue weighted by atomic mass is 10.5. The van der Waals surface area contributed by atoms with Gasteiger partial charge in [-0.15, -0.1) is 5.10 Å². The summed E-state index contributed by atoms with van der Waals surface area (Å²) in [6, 6.07) is 3.46. The van der Waals surface area contributed by atoms with Gasteiger partial charge in [0.15, 0.2) is 5.65 Å². The largest absolute Gasteiger partial charge is 0.475 e. The van der Waals surface area contributed by atoms with Gasteiger partial charge < -0.3 is 5.11 Å². The van der Waals surface area contributed by atoms with Gasteiger partial charge in [0.25, 0.3) is 5.82 Å². The van der Waals surface area contributed by atoms with Gasteiger partial charge in [-0.3, -0.25) is 0 Å². The fourth-order valence-corrected chi connectivity index (χ4v) is 1.27. The summed E-state index contributed by atoms with van der Waals surface area (Å²) in [7, 11) is 0. The Morgan fingerprint density at radius 3 is 3.00 bits per heavy atom. The maximum absolute atomic E-state index is 10.5. The van der Waals surface area contributed by atoms with Crippen LogP contribution in [0.5, 0.6) is 0 Å². The van der Waals surface area contributed by atoms with E-state index < -0.39 is 5.97 Å². The molecule has 0 saturated carbocycles. The molecule has 0 spiro atoms. The minimum absolute atomic E-state index is 0.196. The molecular formula is C7H4BrN3O2. The van der Waals surface area contributed by atoms with Gasteiger partial charge in [-0.05, 0) is 28.1 Å². The zero-order valence-corrected chi connectivity index (χ0v) is 7.89. The van der Waals surface area contributed by atoms with Gasteiger partial charge in [0.05, 0.1) is 0 Å². The molecule has 2 heterocycles. The molecule has 0 unspecified atom stereocenters. The van der Waals surface area contributed by atoms with Crippen molar-refractivity contribution in [1.82, 2.24) is 14.6 Å². The summed E-state index contributed by atoms with van der Waals surface area (Å²) in [5.74, 6) is -1.32. The number of carboxylic acid groups (broad SMARTS) is 1. The van der Waals surface area contributed by atoms with Crippen LogP contribution >= 0.6 is 15.9 Å². The Kier molecular flexibility index (Phi) is 1.77. The number of halogens is 1. The number of aromatic carboxylic acids is 1. The van der Waals surface area contributed by atoms with Gasteiger partial charge in [-0.25, -0.2) is 14.3 Å². The molecule has 66 valence electrons. The number of hydrogen-bond acceptors (Lipinski definition) is 3. The van der Waals surface area contributed by atoms with Crippen molar-refractivity contribution in [2.24, 2.45) is 0 Å². The lowest BCUT2D eigenvalue weighted by Crippen LogP contribution is -1.99. The fraction of sp³-hybridized carbons (Fsp3) is 0. The van der Waals surface area contributed by atoms with Crippen molar-refractivity contribution in [3.05, 3.63) is 28.6 Å². The van der Waals surface area contributed by atoms with E-state index in [9.17, 15) is 4.79 Å². The van der Waals surface area contributed by atoms with Gasteiger partial charge in [-0.1, -0.05) is 0 Å². The third-order valence-electron chi connectivity index (χ3n) is 1.49. The van der Waals surface area contributed by atoms with E-state index in [-0.39, 0.29) is 5.82 Å². The van der Waals surface area contributed by atoms with E-state index in [2.05, 4.69) is 26.0 Å². The molecule has 0 amide bonds. The van der Waals surface area contributed by atoms with Crippen LogP contribution in [0.4, 0.5) is 0 Å². The maximum atomic E-state index is 10.5. The molecule has 0 atom stereocenters. The monoisotopic (exact) mass is 241 g/mol. The summed E-state index contributed by atoms with van der Waals surface area (Å²) in [6.07, 6.45) is 1.65. The molecule has 2 aromatic heterocycles. The predicted octanol–water partition coefficient (Wildman–Crippen LogP) is 1.19. The van der Waals surface area contributed by atoms with E-state index in [1.807, 2.05) is 0 Å². The summed E-state index contributed by atoms with van der Waals surface area (Å²) >= 11 is 3.24. The summed E-state index contributed by atoms with van der Waals surface area (Å²) in [5, 5.41) is 12.4. The van der Waals surface area contributed by atoms with Crippen LogP contribution < -0.4 is 0 Å². The fourth-order valence-electron chi connectivity index (χ4n) is 0.949. The molecule has 0 bridgehead atoms. The first-order chi connectivity index (χ1) is 6.16. The molecule has 0 saturated heterocycles. The molecule has 0 fully saturated rings. The average Bonchev–Trinajstić information content (AvgIpc) is 2.46. The number of hydrogen-bond donors (Lipinski definition) is 1. The van der Waals surface area contributed by atoms with Gasteiger partial charge in [0, 0.05) is 10.7 Å². The second-order valence-corrected chi connectivity index (χ2v) is 3.31. The number of pyridine rings is 1. The van der Waals surface area contributed by atoms with E-state index in [0.29, 0.717) is 5.65 Å². The number of fused-ring (bicyclic) bond motifs is 1. The standard InChI is InChI=1S/C7H4BrN3O2/c8-4-1-2-5-9-6(7(12)13)10-11(5)3-4/h1-3H,(H,12,13). The highest BCUT2D eigenvalue weighted by atomic mass is 79.9. The first-order valence-corrected chi connectivity index (χ1v) is 4.21. The molecule has 5 nitrogen and oxygen atoms in total. The van der Waals surface area contributed by atoms with Crippen LogP contribution in [0.25, 0.3) is 5.65 Å². The number of carboxylic acids is 1. The summed E-state index contributed by atoms with van der Waals surface area (Å²) < 4.78 is 2.23. The predicted molar refractivity (Wildman–Crippen MR) is 47.6 cm³/mol. The number of carbonyl (C=O) groups is 1. The topological polar surface area (TPSA) is 67.5 Å². The number of aromatic nitrogens is 3. The number of rotatable bonds is 1. The smallest absolute Gasteiger partial charge is 0.375 e. The SMILES string of the molecule is O=C(O)c1nc2ccc(Br)cn2n1. The second kappa shape index (κ2) is 2.81. The third-order valence-corrected chi connectivity index (χ3v) is 1.96. The van der Waals surface area contributed by atoms with Crippen molar-refractivity contribution in [2.45, 2.75) is 0 Å². The maximum Gasteiger partial charge on any atom is 0.375 e. The van der Waals surface area contributed by atoms with Crippen LogP contribution in [0.1, 0.15) is 10.6 Å². The van der Waals surface area contributed by atoms with Crippen LogP contribution in [0.3, 0.4) is 0 Å². The minimum Gasteiger partial charge on any atom is -0.475 e. The van der Waals surface area contributed by atoms with Crippen LogP contribution in [0.15, 0.2) is 22.8 Å². The Balaban J connectivity index is 2.68. The molecule has 2 rings (SSSR count). The Morgan fingerprint density at radius 1 is 1.54 bits per heavy atom. The molecule has 0 radical (unpaired) electrons. The van der Waals surface area contributed by atoms with Crippen molar-refractivity contribution in [1.29, 1.82) is 0 Å². The molecular weight excluding hydrogens is 238 g/mol. The number of nitrogens with zero attached hydrogens (tertiary/aromatic N) is 3. The van der Waals surface area contributed by atoms with Crippen LogP contribution in [0, 0.1) is 0 Å². The summed E-state index contributed by atoms with van der Waals surface area (Å²) in [4.78, 5) is 14.3. The highest BCUT2D eigenvalue weighted by Gasteiger charge is 2.09. The van der Waals surface area contributed by atoms with Crippen molar-refractivity contribution in [2.75, 3.05) is 0 Å². The average molecular weight is 242 g/mol. The summed E-state index contributed by atoms with van der Waals surface area (Å²) in [5.41, 5.74) is 0.514. The molecule has 0 aromatic carbocycles. The van der Waals surface area contributed by atoms with Crippen molar-refractivity contribution < 1.29 is 9.90 Å². The highest BCUT2D eigenvalue weighted by molar-refractivity contribution is 9.10. The molecule has 0 aliphatic rings. The Morgan fingerprint density at radius 2 is 2.31 bits per heavy atom. The van der Waals surface area contributed by atoms with E-state index in [4.69, 9.17) is 5.11 Å². The zero-order valence-electron chi connectivity index (χ0n) is 6.31. The quantitative estimate of drug-likeness (QED) is 0.815. The van der Waals surface area contributed by atoms with Crippen molar-refractivity contribution in [3.8, 4) is 0 Å². The van der Waals surface area contributed by atoms with E-state index in [1.54, 1.807) is 18.3 Å². The first-order valence-electron chi connectivity index (χ1n) is 3.42. The van der Waals surface area contributed by atoms with E-state index >= 15 is 0 Å². The molecule has 2 aromatic rings. The van der Waals surface area contributed by atoms with E-state index in [0.717, 1.165) is 4.47 Å². The van der Waals surface area contributed by atoms with Crippen LogP contribution in [-0.4, -0.2) is 25.7 Å². The van der Waals surface area contributed by atoms with Gasteiger partial charge in [0.1, 0.15) is 0 Å². The van der Waals surface area contributed by atoms with Gasteiger partial charge in [0.2, 0.25) is 0 Å². The van der Waals surface area contributed by atoms with Crippen molar-refractivity contribution in [3.63, 3.8) is 0 Å². The van der Waals surface area contributed by atoms with Crippen LogP contribution in [0.2, 0.25) is 0 Å². The minimum atomic E-state index is -1.13. The molecule has 0 aliphatic heterocycles. The van der Waals surface area contributed by atoms with Gasteiger partial charge >= 0.3 is 5.97 Å². The molecule has 0 aliphatic carbocycles. The highest BCUT2D eigenvalue weighted by Crippen LogP contribution is 2.10. The Labute approximate surface area is 81.1 Å². The second-order valence-electron chi connectivity index (χ2n) is 2.39. The van der Waals surface area contributed by atoms with Crippen LogP contribution in [-0.2, 0) is 0 Å². The normalized spacial score (nSPS) is 10.5. The third kappa shape index (κ3) is 1.40. The zero-order chi connectivity index (χ0) is 9.42. The van der Waals surface area contributed by atoms with Crippen molar-refractivity contribution >= 4 is 27.5 Å². The Hall–Kier alpha value is -1.43. The lowest BCUT2D eigenvalue weighted by molar-refractivity contribution is 0.0684. The molecule has 13 heavy (non-hydrogen) atoms. The van der Waals surface area contributed by atoms with E-state index in [1.165, 1.54) is 4.52 Å².